The van der Waals surface area contributed by atoms with E-state index >= 15 is 0 Å². The van der Waals surface area contributed by atoms with Gasteiger partial charge in [0, 0.05) is 150 Å². The predicted molar refractivity (Wildman–Crippen MR) is 548 cm³/mol. The Balaban J connectivity index is 0.000000161. The molecule has 0 aliphatic rings. The number of benzene rings is 6. The maximum atomic E-state index is 11.6. The average molecular weight is 1960 g/mol. The van der Waals surface area contributed by atoms with Gasteiger partial charge in [0.15, 0.2) is 54.8 Å². The van der Waals surface area contributed by atoms with E-state index in [0.717, 1.165) is 112 Å². The third kappa shape index (κ3) is 25.4. The van der Waals surface area contributed by atoms with Crippen LogP contribution in [-0.2, 0) is 75.4 Å². The Hall–Kier alpha value is -14.2. The van der Waals surface area contributed by atoms with Crippen molar-refractivity contribution in [3.63, 3.8) is 0 Å². The smallest absolute Gasteiger partial charge is 0.224 e. The van der Waals surface area contributed by atoms with E-state index in [1.807, 2.05) is 193 Å². The van der Waals surface area contributed by atoms with Crippen LogP contribution in [0.15, 0.2) is 362 Å². The zero-order valence-corrected chi connectivity index (χ0v) is 76.6. The molecule has 0 spiro atoms. The molecule has 14 heterocycles. The molecule has 0 atom stereocenters. The Morgan fingerprint density at radius 1 is 0.333 bits per heavy atom. The minimum absolute atomic E-state index is 0. The molecule has 135 heavy (non-hydrogen) atoms. The predicted octanol–water partition coefficient (Wildman–Crippen LogP) is 22.1. The number of nitrogens with one attached hydrogen (secondary N) is 4. The zero-order chi connectivity index (χ0) is 90.7. The van der Waals surface area contributed by atoms with Gasteiger partial charge < -0.3 is 48.7 Å². The second-order valence-corrected chi connectivity index (χ2v) is 42.9. The fourth-order valence-electron chi connectivity index (χ4n) is 13.5. The first-order chi connectivity index (χ1) is 62.5. The summed E-state index contributed by atoms with van der Waals surface area (Å²) in [6.45, 7) is 2.50. The number of furan rings is 1. The van der Waals surface area contributed by atoms with E-state index in [1.54, 1.807) is 185 Å². The molecule has 0 saturated carbocycles. The number of sulfone groups is 5. The van der Waals surface area contributed by atoms with Gasteiger partial charge in [-0.1, -0.05) is 73.5 Å². The van der Waals surface area contributed by atoms with Gasteiger partial charge in [-0.3, -0.25) is 0 Å². The van der Waals surface area contributed by atoms with Crippen molar-refractivity contribution in [3.8, 4) is 34.3 Å². The summed E-state index contributed by atoms with van der Waals surface area (Å²) >= 11 is 5.02. The number of ether oxygens (including phenoxy) is 1. The van der Waals surface area contributed by atoms with Crippen molar-refractivity contribution in [1.29, 1.82) is 0 Å². The summed E-state index contributed by atoms with van der Waals surface area (Å²) in [5.41, 5.74) is 10.0. The fraction of sp³-hybridized carbons (Fsp3) is 0.141. The summed E-state index contributed by atoms with van der Waals surface area (Å²) < 4.78 is 137. The number of anilines is 5. The molecule has 28 nitrogen and oxygen atoms in total. The largest absolute Gasteiger partial charge is 0.472 e. The maximum Gasteiger partial charge on any atom is 0.224 e. The molecule has 0 fully saturated rings. The van der Waals surface area contributed by atoms with Crippen LogP contribution in [0.1, 0.15) is 57.3 Å². The quantitative estimate of drug-likeness (QED) is 0.0436. The number of hydrogen-bond acceptors (Lipinski definition) is 26. The fourth-order valence-corrected chi connectivity index (χ4v) is 18.6. The first kappa shape index (κ1) is 101. The van der Waals surface area contributed by atoms with Crippen molar-refractivity contribution in [2.45, 2.75) is 87.9 Å². The van der Waals surface area contributed by atoms with E-state index in [4.69, 9.17) is 14.1 Å². The maximum absolute atomic E-state index is 11.6. The highest BCUT2D eigenvalue weighted by Gasteiger charge is 2.18. The van der Waals surface area contributed by atoms with Crippen LogP contribution in [0.3, 0.4) is 0 Å². The lowest BCUT2D eigenvalue weighted by atomic mass is 10.3. The van der Waals surface area contributed by atoms with Gasteiger partial charge in [0.25, 0.3) is 0 Å². The molecule has 20 rings (SSSR count). The van der Waals surface area contributed by atoms with E-state index < -0.39 is 49.2 Å². The monoisotopic (exact) mass is 1960 g/mol. The number of para-hydroxylation sites is 1. The van der Waals surface area contributed by atoms with Crippen LogP contribution in [0.4, 0.5) is 29.1 Å². The normalized spacial score (nSPS) is 11.3. The van der Waals surface area contributed by atoms with Gasteiger partial charge >= 0.3 is 0 Å². The lowest BCUT2D eigenvalue weighted by Crippen LogP contribution is -2.03. The van der Waals surface area contributed by atoms with Crippen LogP contribution in [0.25, 0.3) is 83.6 Å². The molecule has 0 aliphatic heterocycles. The van der Waals surface area contributed by atoms with Crippen molar-refractivity contribution in [3.05, 3.63) is 353 Å². The number of fused-ring (bicyclic) bond motifs is 5. The molecular weight excluding hydrogens is 1860 g/mol. The Kier molecular flexibility index (Phi) is 33.1. The Morgan fingerprint density at radius 2 is 0.704 bits per heavy atom. The molecule has 4 N–H and O–H groups in total. The summed E-state index contributed by atoms with van der Waals surface area (Å²) in [6.07, 6.45) is 20.5. The third-order valence-electron chi connectivity index (χ3n) is 20.2. The van der Waals surface area contributed by atoms with Crippen LogP contribution in [0.2, 0.25) is 0 Å². The Morgan fingerprint density at radius 3 is 1.13 bits per heavy atom. The zero-order valence-electron chi connectivity index (χ0n) is 70.1. The summed E-state index contributed by atoms with van der Waals surface area (Å²) in [6, 6.07) is 81.1. The first-order valence-electron chi connectivity index (χ1n) is 39.9. The van der Waals surface area contributed by atoms with Gasteiger partial charge in [0.2, 0.25) is 11.8 Å². The number of thiophene rings is 3. The highest BCUT2D eigenvalue weighted by Crippen LogP contribution is 2.31. The Bertz CT molecular complexity index is 7190. The van der Waals surface area contributed by atoms with Gasteiger partial charge in [0.1, 0.15) is 46.6 Å². The number of rotatable bonds is 24. The Labute approximate surface area is 798 Å². The second-order valence-electron chi connectivity index (χ2n) is 29.7. The molecule has 14 aromatic heterocycles. The van der Waals surface area contributed by atoms with Gasteiger partial charge in [-0.15, -0.1) is 34.0 Å². The van der Waals surface area contributed by atoms with Gasteiger partial charge in [-0.05, 0) is 241 Å². The topological polar surface area (TPSA) is 356 Å². The van der Waals surface area contributed by atoms with Crippen LogP contribution >= 0.6 is 34.0 Å². The van der Waals surface area contributed by atoms with E-state index in [1.165, 1.54) is 41.0 Å². The molecule has 0 unspecified atom stereocenters. The van der Waals surface area contributed by atoms with E-state index in [2.05, 4.69) is 63.4 Å². The second kappa shape index (κ2) is 44.1. The van der Waals surface area contributed by atoms with Crippen LogP contribution < -0.4 is 26.0 Å². The summed E-state index contributed by atoms with van der Waals surface area (Å²) in [5.74, 6) is 3.38. The number of pyridine rings is 4. The lowest BCUT2D eigenvalue weighted by molar-refractivity contribution is 0.298. The van der Waals surface area contributed by atoms with Crippen molar-refractivity contribution < 1.29 is 51.2 Å². The van der Waals surface area contributed by atoms with Crippen molar-refractivity contribution >= 4 is 167 Å². The van der Waals surface area contributed by atoms with Gasteiger partial charge in [-0.25, -0.2) is 66.7 Å². The SMILES string of the molecule is C.C.C.C.C.CS(=O)(=O)c1ccc(-n2ccc3ccc(NCc4ccoc4)nc32)cc1.CS(=O)(=O)c1ccc(-n2ccc3ccc(Nc4ccccc4)nc32)cc1.CS(=O)(=O)c1ccc(-n2ccc3ccc(OCc4cccs4)nc32)cc1.CS(=O)(=O)c1ccc(-n2ccc3cnc(NCc4cccs4)nc32)cc1.CS(=O)(=O)c1ccc(-n2ncc3ccc(NCc4cccs4)nc32)cc1. The number of hydrogen-bond donors (Lipinski definition) is 4. The van der Waals surface area contributed by atoms with Crippen LogP contribution in [0.5, 0.6) is 5.88 Å². The highest BCUT2D eigenvalue weighted by atomic mass is 32.2. The molecule has 0 amide bonds. The highest BCUT2D eigenvalue weighted by molar-refractivity contribution is 7.91. The average Bonchev–Trinajstić information content (AvgIpc) is 1.68. The minimum Gasteiger partial charge on any atom is -0.472 e. The lowest BCUT2D eigenvalue weighted by Gasteiger charge is -2.09. The van der Waals surface area contributed by atoms with Crippen molar-refractivity contribution in [2.24, 2.45) is 0 Å². The molecule has 36 heteroatoms. The van der Waals surface area contributed by atoms with E-state index in [-0.39, 0.29) is 42.0 Å². The minimum atomic E-state index is -3.22. The summed E-state index contributed by atoms with van der Waals surface area (Å²) in [5, 5.41) is 28.4. The van der Waals surface area contributed by atoms with Gasteiger partial charge in [0.05, 0.1) is 62.0 Å². The standard InChI is InChI=1S/C20H17N3O2S.C19H17N3O3S.C19H16N2O3S2.2C18H16N4O2S2.5CH4/c1-26(24,25)18-10-8-17(9-11-18)23-14-13-15-7-12-19(22-20(15)23)21-16-5-3-2-4-6-16;1-26(23,24)17-5-3-16(4-6-17)22-10-8-15-2-7-18(21-19(15)22)20-12-14-9-11-25-13-14;1-26(22,23)17-7-5-15(6-8-17)21-11-10-14-4-9-18(20-19(14)21)24-13-16-3-2-12-25-16;1-26(23,24)16-7-5-14(6-8-16)22-18-13(11-20-22)4-9-17(21-18)19-12-15-3-2-10-25-15;1-26(23,24)16-6-4-14(5-7-16)22-9-8-13-11-19-18(21-17(13)22)20-12-15-3-2-10-25-15;;;;;/h2-14H,1H3,(H,21,22);2-11,13H,12H2,1H3,(H,20,21);2-12H,13H2,1H3;2-11H,12H2,1H3,(H,19,21);2-11H,12H2,1H3,(H,19,20,21);5*1H4. The molecule has 0 bridgehead atoms. The third-order valence-corrected chi connectivity index (χ3v) is 28.4. The van der Waals surface area contributed by atoms with Crippen molar-refractivity contribution in [1.82, 2.24) is 58.0 Å². The molecule has 698 valence electrons. The van der Waals surface area contributed by atoms with Crippen molar-refractivity contribution in [2.75, 3.05) is 52.5 Å². The van der Waals surface area contributed by atoms with E-state index in [0.29, 0.717) is 63.3 Å². The number of nitrogens with zero attached hydrogens (tertiary/aromatic N) is 12. The van der Waals surface area contributed by atoms with Gasteiger partial charge in [-0.2, -0.15) is 15.1 Å². The summed E-state index contributed by atoms with van der Waals surface area (Å²) in [4.78, 5) is 32.7. The molecule has 6 aromatic carbocycles. The number of aromatic nitrogens is 12. The molecule has 0 aliphatic carbocycles. The molecule has 0 saturated heterocycles. The molecule has 20 aromatic rings. The summed E-state index contributed by atoms with van der Waals surface area (Å²) in [7, 11) is -16.1. The van der Waals surface area contributed by atoms with Crippen LogP contribution in [0, 0.1) is 0 Å². The first-order valence-corrected chi connectivity index (χ1v) is 52.0. The molecule has 0 radical (unpaired) electrons. The van der Waals surface area contributed by atoms with Crippen LogP contribution in [-0.4, -0.2) is 131 Å². The van der Waals surface area contributed by atoms with E-state index in [9.17, 15) is 42.1 Å². The molecular formula is C99H102N16O12S8.